The highest BCUT2D eigenvalue weighted by Crippen LogP contribution is 2.29. The first-order chi connectivity index (χ1) is 11.4. The minimum Gasteiger partial charge on any atom is -0.479 e. The van der Waals surface area contributed by atoms with Crippen LogP contribution in [0.2, 0.25) is 0 Å². The first kappa shape index (κ1) is 16.5. The number of likely N-dealkylation sites (tertiary alicyclic amines) is 2. The van der Waals surface area contributed by atoms with Crippen molar-refractivity contribution in [2.45, 2.75) is 37.4 Å². The summed E-state index contributed by atoms with van der Waals surface area (Å²) in [6.45, 7) is -0.00908. The summed E-state index contributed by atoms with van der Waals surface area (Å²) < 4.78 is 19.3. The molecule has 0 bridgehead atoms. The van der Waals surface area contributed by atoms with Crippen LogP contribution in [-0.4, -0.2) is 64.0 Å². The van der Waals surface area contributed by atoms with Crippen LogP contribution in [0.15, 0.2) is 22.8 Å². The Bertz CT molecular complexity index is 647. The normalized spacial score (nSPS) is 27.3. The zero-order valence-electron chi connectivity index (χ0n) is 13.1. The molecule has 0 radical (unpaired) electrons. The minimum absolute atomic E-state index is 0.0426. The summed E-state index contributed by atoms with van der Waals surface area (Å²) in [5.74, 6) is -2.16. The predicted octanol–water partition coefficient (Wildman–Crippen LogP) is 1.30. The second-order valence-electron chi connectivity index (χ2n) is 6.27. The van der Waals surface area contributed by atoms with E-state index in [1.165, 1.54) is 22.1 Å². The van der Waals surface area contributed by atoms with Gasteiger partial charge < -0.3 is 19.3 Å². The number of rotatable bonds is 3. The molecular formula is C16H19FN2O5. The van der Waals surface area contributed by atoms with Crippen molar-refractivity contribution in [3.63, 3.8) is 0 Å². The van der Waals surface area contributed by atoms with E-state index in [4.69, 9.17) is 9.52 Å². The quantitative estimate of drug-likeness (QED) is 0.897. The molecule has 0 aliphatic carbocycles. The zero-order valence-corrected chi connectivity index (χ0v) is 13.1. The Morgan fingerprint density at radius 2 is 2.08 bits per heavy atom. The van der Waals surface area contributed by atoms with Crippen LogP contribution >= 0.6 is 0 Å². The molecule has 7 nitrogen and oxygen atoms in total. The van der Waals surface area contributed by atoms with E-state index in [0.29, 0.717) is 13.0 Å². The van der Waals surface area contributed by atoms with Gasteiger partial charge in [0.05, 0.1) is 12.8 Å². The molecule has 2 amide bonds. The monoisotopic (exact) mass is 338 g/mol. The van der Waals surface area contributed by atoms with Gasteiger partial charge in [-0.15, -0.1) is 0 Å². The van der Waals surface area contributed by atoms with Crippen molar-refractivity contribution in [1.82, 2.24) is 9.80 Å². The summed E-state index contributed by atoms with van der Waals surface area (Å²) in [7, 11) is 0. The van der Waals surface area contributed by atoms with Gasteiger partial charge in [0.15, 0.2) is 5.76 Å². The zero-order chi connectivity index (χ0) is 17.3. The number of alkyl halides is 1. The van der Waals surface area contributed by atoms with E-state index in [9.17, 15) is 18.8 Å². The van der Waals surface area contributed by atoms with Gasteiger partial charge in [-0.05, 0) is 31.4 Å². The SMILES string of the molecule is O=C(C1CCCCN1C(=O)c1ccco1)N1CCC(F)(C(=O)O)C1. The standard InChI is InChI=1S/C16H19FN2O5/c17-16(15(22)23)6-8-18(10-16)13(20)11-4-1-2-7-19(11)14(21)12-5-3-9-24-12/h3,5,9,11H,1-2,4,6-8,10H2,(H,22,23). The van der Waals surface area contributed by atoms with E-state index >= 15 is 0 Å². The lowest BCUT2D eigenvalue weighted by atomic mass is 10.0. The number of carboxylic acid groups (broad SMARTS) is 1. The van der Waals surface area contributed by atoms with Crippen LogP contribution in [0, 0.1) is 0 Å². The number of aliphatic carboxylic acids is 1. The maximum Gasteiger partial charge on any atom is 0.343 e. The van der Waals surface area contributed by atoms with Crippen LogP contribution < -0.4 is 0 Å². The molecule has 1 aromatic rings. The Hall–Kier alpha value is -2.38. The number of amides is 2. The van der Waals surface area contributed by atoms with Gasteiger partial charge in [0, 0.05) is 19.5 Å². The van der Waals surface area contributed by atoms with Crippen molar-refractivity contribution in [3.05, 3.63) is 24.2 Å². The number of halogens is 1. The molecule has 1 N–H and O–H groups in total. The van der Waals surface area contributed by atoms with Crippen molar-refractivity contribution in [2.75, 3.05) is 19.6 Å². The predicted molar refractivity (Wildman–Crippen MR) is 80.1 cm³/mol. The molecule has 2 fully saturated rings. The molecular weight excluding hydrogens is 319 g/mol. The Morgan fingerprint density at radius 3 is 2.71 bits per heavy atom. The Morgan fingerprint density at radius 1 is 1.29 bits per heavy atom. The molecule has 3 rings (SSSR count). The van der Waals surface area contributed by atoms with Gasteiger partial charge in [-0.25, -0.2) is 9.18 Å². The third-order valence-corrected chi connectivity index (χ3v) is 4.70. The molecule has 0 saturated carbocycles. The number of nitrogens with zero attached hydrogens (tertiary/aromatic N) is 2. The van der Waals surface area contributed by atoms with Crippen molar-refractivity contribution < 1.29 is 28.3 Å². The van der Waals surface area contributed by atoms with Crippen molar-refractivity contribution in [1.29, 1.82) is 0 Å². The molecule has 0 spiro atoms. The van der Waals surface area contributed by atoms with E-state index in [-0.39, 0.29) is 24.6 Å². The van der Waals surface area contributed by atoms with Crippen molar-refractivity contribution in [3.8, 4) is 0 Å². The number of furan rings is 1. The molecule has 0 aromatic carbocycles. The highest BCUT2D eigenvalue weighted by atomic mass is 19.1. The molecule has 2 aliphatic heterocycles. The molecule has 2 saturated heterocycles. The number of hydrogen-bond donors (Lipinski definition) is 1. The molecule has 8 heteroatoms. The Balaban J connectivity index is 1.75. The molecule has 1 aromatic heterocycles. The van der Waals surface area contributed by atoms with E-state index in [0.717, 1.165) is 12.8 Å². The number of piperidine rings is 1. The summed E-state index contributed by atoms with van der Waals surface area (Å²) in [5.41, 5.74) is -2.40. The fourth-order valence-electron chi connectivity index (χ4n) is 3.32. The molecule has 2 atom stereocenters. The van der Waals surface area contributed by atoms with Gasteiger partial charge in [0.1, 0.15) is 6.04 Å². The van der Waals surface area contributed by atoms with Gasteiger partial charge >= 0.3 is 5.97 Å². The smallest absolute Gasteiger partial charge is 0.343 e. The maximum absolute atomic E-state index is 14.2. The topological polar surface area (TPSA) is 91.1 Å². The highest BCUT2D eigenvalue weighted by molar-refractivity contribution is 5.96. The first-order valence-electron chi connectivity index (χ1n) is 7.98. The lowest BCUT2D eigenvalue weighted by Gasteiger charge is -2.36. The lowest BCUT2D eigenvalue weighted by molar-refractivity contribution is -0.150. The van der Waals surface area contributed by atoms with Gasteiger partial charge in [-0.2, -0.15) is 0 Å². The number of carboxylic acids is 1. The van der Waals surface area contributed by atoms with Crippen molar-refractivity contribution in [2.24, 2.45) is 0 Å². The van der Waals surface area contributed by atoms with Crippen LogP contribution in [-0.2, 0) is 9.59 Å². The highest BCUT2D eigenvalue weighted by Gasteiger charge is 2.48. The van der Waals surface area contributed by atoms with E-state index in [1.807, 2.05) is 0 Å². The van der Waals surface area contributed by atoms with Gasteiger partial charge in [-0.3, -0.25) is 9.59 Å². The third-order valence-electron chi connectivity index (χ3n) is 4.70. The fraction of sp³-hybridized carbons (Fsp3) is 0.562. The second-order valence-corrected chi connectivity index (χ2v) is 6.27. The van der Waals surface area contributed by atoms with Gasteiger partial charge in [0.2, 0.25) is 11.6 Å². The van der Waals surface area contributed by atoms with E-state index < -0.39 is 30.1 Å². The summed E-state index contributed by atoms with van der Waals surface area (Å²) in [4.78, 5) is 38.9. The van der Waals surface area contributed by atoms with Crippen LogP contribution in [0.25, 0.3) is 0 Å². The summed E-state index contributed by atoms with van der Waals surface area (Å²) in [5, 5.41) is 8.96. The summed E-state index contributed by atoms with van der Waals surface area (Å²) in [6.07, 6.45) is 3.20. The van der Waals surface area contributed by atoms with E-state index in [2.05, 4.69) is 0 Å². The van der Waals surface area contributed by atoms with Crippen LogP contribution in [0.5, 0.6) is 0 Å². The molecule has 24 heavy (non-hydrogen) atoms. The Labute approximate surface area is 138 Å². The molecule has 3 heterocycles. The van der Waals surface area contributed by atoms with Crippen molar-refractivity contribution >= 4 is 17.8 Å². The van der Waals surface area contributed by atoms with Gasteiger partial charge in [-0.1, -0.05) is 0 Å². The molecule has 2 unspecified atom stereocenters. The molecule has 130 valence electrons. The summed E-state index contributed by atoms with van der Waals surface area (Å²) >= 11 is 0. The van der Waals surface area contributed by atoms with Gasteiger partial charge in [0.25, 0.3) is 5.91 Å². The van der Waals surface area contributed by atoms with E-state index in [1.54, 1.807) is 6.07 Å². The average Bonchev–Trinajstić information content (AvgIpc) is 3.24. The fourth-order valence-corrected chi connectivity index (χ4v) is 3.32. The largest absolute Gasteiger partial charge is 0.479 e. The molecule has 2 aliphatic rings. The third kappa shape index (κ3) is 2.88. The first-order valence-corrected chi connectivity index (χ1v) is 7.98. The van der Waals surface area contributed by atoms with Crippen LogP contribution in [0.4, 0.5) is 4.39 Å². The maximum atomic E-state index is 14.2. The number of carbonyl (C=O) groups excluding carboxylic acids is 2. The average molecular weight is 338 g/mol. The van der Waals surface area contributed by atoms with Crippen LogP contribution in [0.1, 0.15) is 36.2 Å². The van der Waals surface area contributed by atoms with Crippen LogP contribution in [0.3, 0.4) is 0 Å². The number of hydrogen-bond acceptors (Lipinski definition) is 4. The second kappa shape index (κ2) is 6.26. The lowest BCUT2D eigenvalue weighted by Crippen LogP contribution is -2.53. The summed E-state index contributed by atoms with van der Waals surface area (Å²) in [6, 6.07) is 2.43. The number of carbonyl (C=O) groups is 3. The Kier molecular flexibility index (Phi) is 4.29. The minimum atomic E-state index is -2.40.